The molecule has 0 atom stereocenters. The fourth-order valence-corrected chi connectivity index (χ4v) is 1.31. The number of nitrogens with two attached hydrogens (primary N) is 1. The average Bonchev–Trinajstić information content (AvgIpc) is 2.25. The summed E-state index contributed by atoms with van der Waals surface area (Å²) in [5, 5.41) is 2.67. The summed E-state index contributed by atoms with van der Waals surface area (Å²) in [6.07, 6.45) is 0.725. The molecule has 1 aromatic rings. The van der Waals surface area contributed by atoms with E-state index in [9.17, 15) is 4.79 Å². The minimum Gasteiger partial charge on any atom is -0.485 e. The third-order valence-corrected chi connectivity index (χ3v) is 2.07. The number of rotatable bonds is 4. The predicted molar refractivity (Wildman–Crippen MR) is 71.2 cm³/mol. The minimum atomic E-state index is -0.536. The molecule has 1 rings (SSSR count). The summed E-state index contributed by atoms with van der Waals surface area (Å²) in [5.74, 6) is 0.354. The van der Waals surface area contributed by atoms with Crippen LogP contribution in [0.3, 0.4) is 0 Å². The van der Waals surface area contributed by atoms with Crippen molar-refractivity contribution in [1.82, 2.24) is 15.3 Å². The highest BCUT2D eigenvalue weighted by Crippen LogP contribution is 2.25. The number of hydrogen-bond acceptors (Lipinski definition) is 6. The number of ether oxygens (including phenoxy) is 2. The number of amides is 1. The summed E-state index contributed by atoms with van der Waals surface area (Å²) >= 11 is 5.79. The van der Waals surface area contributed by atoms with Gasteiger partial charge in [0.15, 0.2) is 16.7 Å². The van der Waals surface area contributed by atoms with Crippen LogP contribution < -0.4 is 15.8 Å². The van der Waals surface area contributed by atoms with Gasteiger partial charge in [-0.1, -0.05) is 11.6 Å². The SMILES string of the molecule is CC(C)(C)OC(=O)NCCOc1c(N)ncnc1Cl. The Labute approximate surface area is 116 Å². The zero-order valence-electron chi connectivity index (χ0n) is 11.1. The van der Waals surface area contributed by atoms with Crippen LogP contribution in [0.15, 0.2) is 6.33 Å². The van der Waals surface area contributed by atoms with Gasteiger partial charge in [-0.05, 0) is 20.8 Å². The highest BCUT2D eigenvalue weighted by Gasteiger charge is 2.15. The van der Waals surface area contributed by atoms with Gasteiger partial charge in [-0.15, -0.1) is 0 Å². The van der Waals surface area contributed by atoms with E-state index in [2.05, 4.69) is 15.3 Å². The molecule has 3 N–H and O–H groups in total. The van der Waals surface area contributed by atoms with Crippen LogP contribution in [0.4, 0.5) is 10.6 Å². The van der Waals surface area contributed by atoms with E-state index in [0.29, 0.717) is 0 Å². The summed E-state index contributed by atoms with van der Waals surface area (Å²) < 4.78 is 10.4. The van der Waals surface area contributed by atoms with Crippen molar-refractivity contribution in [1.29, 1.82) is 0 Å². The van der Waals surface area contributed by atoms with Gasteiger partial charge >= 0.3 is 6.09 Å². The summed E-state index contributed by atoms with van der Waals surface area (Å²) in [4.78, 5) is 18.8. The Morgan fingerprint density at radius 3 is 2.74 bits per heavy atom. The molecule has 0 aromatic carbocycles. The number of alkyl carbamates (subject to hydrolysis) is 1. The van der Waals surface area contributed by atoms with E-state index >= 15 is 0 Å². The van der Waals surface area contributed by atoms with Gasteiger partial charge in [0.2, 0.25) is 0 Å². The number of hydrogen-bond donors (Lipinski definition) is 2. The molecule has 0 aliphatic rings. The third-order valence-electron chi connectivity index (χ3n) is 1.80. The van der Waals surface area contributed by atoms with Gasteiger partial charge in [-0.25, -0.2) is 14.8 Å². The molecule has 7 nitrogen and oxygen atoms in total. The normalized spacial score (nSPS) is 10.9. The Morgan fingerprint density at radius 2 is 2.16 bits per heavy atom. The van der Waals surface area contributed by atoms with Gasteiger partial charge in [0.25, 0.3) is 0 Å². The second-order valence-corrected chi connectivity index (χ2v) is 5.01. The fourth-order valence-electron chi connectivity index (χ4n) is 1.12. The standard InChI is InChI=1S/C11H17ClN4O3/c1-11(2,3)19-10(17)14-4-5-18-7-8(12)15-6-16-9(7)13/h6H,4-5H2,1-3H3,(H,14,17)(H2,13,15,16). The molecular formula is C11H17ClN4O3. The highest BCUT2D eigenvalue weighted by molar-refractivity contribution is 6.31. The second-order valence-electron chi connectivity index (χ2n) is 4.66. The zero-order chi connectivity index (χ0) is 14.5. The quantitative estimate of drug-likeness (QED) is 0.645. The van der Waals surface area contributed by atoms with Gasteiger partial charge in [0.1, 0.15) is 18.5 Å². The Hall–Kier alpha value is -1.76. The van der Waals surface area contributed by atoms with Gasteiger partial charge in [-0.2, -0.15) is 0 Å². The van der Waals surface area contributed by atoms with Crippen molar-refractivity contribution in [3.8, 4) is 5.75 Å². The van der Waals surface area contributed by atoms with E-state index in [1.54, 1.807) is 20.8 Å². The summed E-state index contributed by atoms with van der Waals surface area (Å²) in [5.41, 5.74) is 5.04. The van der Waals surface area contributed by atoms with Crippen LogP contribution in [0.5, 0.6) is 5.75 Å². The van der Waals surface area contributed by atoms with Crippen molar-refractivity contribution in [2.24, 2.45) is 0 Å². The highest BCUT2D eigenvalue weighted by atomic mass is 35.5. The van der Waals surface area contributed by atoms with E-state index in [4.69, 9.17) is 26.8 Å². The molecule has 1 heterocycles. The van der Waals surface area contributed by atoms with E-state index in [1.165, 1.54) is 6.33 Å². The number of nitrogens with one attached hydrogen (secondary N) is 1. The van der Waals surface area contributed by atoms with E-state index in [-0.39, 0.29) is 29.9 Å². The first-order valence-corrected chi connectivity index (χ1v) is 6.03. The first-order valence-electron chi connectivity index (χ1n) is 5.65. The molecule has 0 aliphatic heterocycles. The van der Waals surface area contributed by atoms with Crippen LogP contribution in [-0.4, -0.2) is 34.8 Å². The number of nitrogens with zero attached hydrogens (tertiary/aromatic N) is 2. The monoisotopic (exact) mass is 288 g/mol. The summed E-state index contributed by atoms with van der Waals surface area (Å²) in [7, 11) is 0. The van der Waals surface area contributed by atoms with Gasteiger partial charge in [0, 0.05) is 0 Å². The number of aromatic nitrogens is 2. The van der Waals surface area contributed by atoms with Crippen molar-refractivity contribution < 1.29 is 14.3 Å². The lowest BCUT2D eigenvalue weighted by atomic mass is 10.2. The molecule has 0 radical (unpaired) electrons. The van der Waals surface area contributed by atoms with Gasteiger partial charge in [-0.3, -0.25) is 0 Å². The molecule has 0 unspecified atom stereocenters. The van der Waals surface area contributed by atoms with Crippen molar-refractivity contribution in [3.63, 3.8) is 0 Å². The minimum absolute atomic E-state index is 0.129. The molecule has 106 valence electrons. The Balaban J connectivity index is 2.34. The fraction of sp³-hybridized carbons (Fsp3) is 0.545. The number of carbonyl (C=O) groups is 1. The Kier molecular flexibility index (Phi) is 5.17. The largest absolute Gasteiger partial charge is 0.485 e. The molecule has 1 aromatic heterocycles. The van der Waals surface area contributed by atoms with Gasteiger partial charge < -0.3 is 20.5 Å². The Morgan fingerprint density at radius 1 is 1.47 bits per heavy atom. The van der Waals surface area contributed by atoms with Crippen LogP contribution in [0.25, 0.3) is 0 Å². The third kappa shape index (κ3) is 5.60. The van der Waals surface area contributed by atoms with Crippen LogP contribution in [0.2, 0.25) is 5.15 Å². The molecule has 19 heavy (non-hydrogen) atoms. The number of anilines is 1. The van der Waals surface area contributed by atoms with E-state index in [0.717, 1.165) is 0 Å². The summed E-state index contributed by atoms with van der Waals surface area (Å²) in [6.45, 7) is 5.77. The lowest BCUT2D eigenvalue weighted by molar-refractivity contribution is 0.0520. The maximum Gasteiger partial charge on any atom is 0.407 e. The molecule has 0 spiro atoms. The molecule has 8 heteroatoms. The van der Waals surface area contributed by atoms with E-state index in [1.807, 2.05) is 0 Å². The molecular weight excluding hydrogens is 272 g/mol. The average molecular weight is 289 g/mol. The van der Waals surface area contributed by atoms with Crippen molar-refractivity contribution in [3.05, 3.63) is 11.5 Å². The second kappa shape index (κ2) is 6.42. The topological polar surface area (TPSA) is 99.4 Å². The van der Waals surface area contributed by atoms with E-state index < -0.39 is 11.7 Å². The van der Waals surface area contributed by atoms with Gasteiger partial charge in [0.05, 0.1) is 6.54 Å². The van der Waals surface area contributed by atoms with Crippen molar-refractivity contribution >= 4 is 23.5 Å². The first kappa shape index (κ1) is 15.3. The smallest absolute Gasteiger partial charge is 0.407 e. The molecule has 0 fully saturated rings. The number of nitrogen functional groups attached to an aromatic ring is 1. The zero-order valence-corrected chi connectivity index (χ0v) is 11.8. The number of halogens is 1. The van der Waals surface area contributed by atoms with Crippen LogP contribution in [0.1, 0.15) is 20.8 Å². The number of carbonyl (C=O) groups excluding carboxylic acids is 1. The van der Waals surface area contributed by atoms with Crippen LogP contribution >= 0.6 is 11.6 Å². The van der Waals surface area contributed by atoms with Crippen LogP contribution in [-0.2, 0) is 4.74 Å². The van der Waals surface area contributed by atoms with Crippen molar-refractivity contribution in [2.45, 2.75) is 26.4 Å². The predicted octanol–water partition coefficient (Wildman–Crippen LogP) is 1.62. The lowest BCUT2D eigenvalue weighted by Crippen LogP contribution is -2.34. The lowest BCUT2D eigenvalue weighted by Gasteiger charge is -2.19. The maximum absolute atomic E-state index is 11.3. The Bertz CT molecular complexity index is 428. The maximum atomic E-state index is 11.3. The van der Waals surface area contributed by atoms with Crippen LogP contribution in [0, 0.1) is 0 Å². The summed E-state index contributed by atoms with van der Waals surface area (Å²) in [6, 6.07) is 0. The molecule has 0 saturated heterocycles. The molecule has 0 saturated carbocycles. The molecule has 0 aliphatic carbocycles. The molecule has 1 amide bonds. The van der Waals surface area contributed by atoms with Crippen molar-refractivity contribution in [2.75, 3.05) is 18.9 Å². The first-order chi connectivity index (χ1) is 8.79. The molecule has 0 bridgehead atoms.